The predicted octanol–water partition coefficient (Wildman–Crippen LogP) is 8.32. The van der Waals surface area contributed by atoms with Gasteiger partial charge in [0.2, 0.25) is 0 Å². The van der Waals surface area contributed by atoms with Gasteiger partial charge in [0.25, 0.3) is 0 Å². The molecule has 0 aromatic heterocycles. The van der Waals surface area contributed by atoms with Gasteiger partial charge in [-0.3, -0.25) is 0 Å². The van der Waals surface area contributed by atoms with Crippen LogP contribution in [0.3, 0.4) is 0 Å². The van der Waals surface area contributed by atoms with Crippen molar-refractivity contribution >= 4 is 23.0 Å². The summed E-state index contributed by atoms with van der Waals surface area (Å²) in [6.45, 7) is 4.42. The van der Waals surface area contributed by atoms with E-state index in [0.717, 1.165) is 51.0 Å². The molecule has 0 bridgehead atoms. The average Bonchev–Trinajstić information content (AvgIpc) is 3.27. The maximum Gasteiger partial charge on any atom is 0.340 e. The van der Waals surface area contributed by atoms with E-state index in [2.05, 4.69) is 61.4 Å². The van der Waals surface area contributed by atoms with E-state index in [1.807, 2.05) is 54.6 Å². The molecule has 1 fully saturated rings. The average molecular weight is 531 g/mol. The van der Waals surface area contributed by atoms with E-state index in [0.29, 0.717) is 17.4 Å². The van der Waals surface area contributed by atoms with Crippen molar-refractivity contribution in [2.45, 2.75) is 51.2 Å². The van der Waals surface area contributed by atoms with Crippen molar-refractivity contribution in [3.63, 3.8) is 0 Å². The number of nitrogens with one attached hydrogen (secondary N) is 1. The van der Waals surface area contributed by atoms with Gasteiger partial charge in [-0.1, -0.05) is 43.3 Å². The molecule has 1 spiro atoms. The van der Waals surface area contributed by atoms with Crippen LogP contribution in [0.15, 0.2) is 84.9 Å². The van der Waals surface area contributed by atoms with Crippen molar-refractivity contribution in [2.75, 3.05) is 17.3 Å². The minimum atomic E-state index is -1.09. The van der Waals surface area contributed by atoms with Crippen LogP contribution >= 0.6 is 0 Å². The third-order valence-electron chi connectivity index (χ3n) is 9.04. The SMILES string of the molecule is Cc1cc2c(cc1Nc1ccccc1)C1(OC(=O)c3ccccc31)c1ccc(N(C)C3CCC(C)CC3)cc1O2. The van der Waals surface area contributed by atoms with Gasteiger partial charge in [0.15, 0.2) is 5.60 Å². The highest BCUT2D eigenvalue weighted by atomic mass is 16.6. The Morgan fingerprint density at radius 2 is 1.55 bits per heavy atom. The third kappa shape index (κ3) is 3.87. The normalized spacial score (nSPS) is 22.5. The van der Waals surface area contributed by atoms with Crippen molar-refractivity contribution in [1.29, 1.82) is 0 Å². The van der Waals surface area contributed by atoms with Gasteiger partial charge >= 0.3 is 5.97 Å². The van der Waals surface area contributed by atoms with E-state index in [4.69, 9.17) is 9.47 Å². The van der Waals surface area contributed by atoms with E-state index in [9.17, 15) is 4.79 Å². The zero-order valence-electron chi connectivity index (χ0n) is 23.2. The van der Waals surface area contributed by atoms with Crippen molar-refractivity contribution in [2.24, 2.45) is 5.92 Å². The first-order valence-electron chi connectivity index (χ1n) is 14.3. The molecule has 0 saturated heterocycles. The molecule has 4 aromatic rings. The van der Waals surface area contributed by atoms with Crippen molar-refractivity contribution < 1.29 is 14.3 Å². The summed E-state index contributed by atoms with van der Waals surface area (Å²) in [5.74, 6) is 1.92. The molecule has 1 unspecified atom stereocenters. The lowest BCUT2D eigenvalue weighted by Gasteiger charge is -2.39. The molecule has 1 N–H and O–H groups in total. The number of aryl methyl sites for hydroxylation is 1. The number of carbonyl (C=O) groups is 1. The van der Waals surface area contributed by atoms with Gasteiger partial charge < -0.3 is 19.7 Å². The predicted molar refractivity (Wildman–Crippen MR) is 159 cm³/mol. The Balaban J connectivity index is 1.37. The van der Waals surface area contributed by atoms with Gasteiger partial charge in [0.1, 0.15) is 11.5 Å². The van der Waals surface area contributed by atoms with Crippen molar-refractivity contribution in [3.8, 4) is 11.5 Å². The summed E-state index contributed by atoms with van der Waals surface area (Å²) in [6.07, 6.45) is 4.92. The molecule has 2 aliphatic heterocycles. The Morgan fingerprint density at radius 1 is 0.825 bits per heavy atom. The molecule has 5 nitrogen and oxygen atoms in total. The Kier molecular flexibility index (Phi) is 5.85. The minimum Gasteiger partial charge on any atom is -0.456 e. The molecule has 40 heavy (non-hydrogen) atoms. The Labute approximate surface area is 235 Å². The van der Waals surface area contributed by atoms with Gasteiger partial charge in [-0.25, -0.2) is 4.79 Å². The quantitative estimate of drug-likeness (QED) is 0.269. The second kappa shape index (κ2) is 9.44. The molecule has 7 rings (SSSR count). The smallest absolute Gasteiger partial charge is 0.340 e. The van der Waals surface area contributed by atoms with Crippen LogP contribution in [0.4, 0.5) is 17.1 Å². The molecule has 1 atom stereocenters. The monoisotopic (exact) mass is 530 g/mol. The number of esters is 1. The lowest BCUT2D eigenvalue weighted by Crippen LogP contribution is -2.36. The second-order valence-corrected chi connectivity index (χ2v) is 11.6. The first-order valence-corrected chi connectivity index (χ1v) is 14.3. The van der Waals surface area contributed by atoms with Crippen LogP contribution in [-0.4, -0.2) is 19.1 Å². The lowest BCUT2D eigenvalue weighted by atomic mass is 9.77. The van der Waals surface area contributed by atoms with Gasteiger partial charge in [-0.05, 0) is 86.6 Å². The minimum absolute atomic E-state index is 0.315. The number of nitrogens with zero attached hydrogens (tertiary/aromatic N) is 1. The molecule has 3 aliphatic rings. The van der Waals surface area contributed by atoms with E-state index in [1.54, 1.807) is 0 Å². The molecule has 5 heteroatoms. The molecular weight excluding hydrogens is 496 g/mol. The first kappa shape index (κ1) is 24.8. The molecule has 0 amide bonds. The fraction of sp³-hybridized carbons (Fsp3) is 0.286. The summed E-state index contributed by atoms with van der Waals surface area (Å²) < 4.78 is 13.1. The number of ether oxygens (including phenoxy) is 2. The van der Waals surface area contributed by atoms with Gasteiger partial charge in [-0.2, -0.15) is 0 Å². The summed E-state index contributed by atoms with van der Waals surface area (Å²) in [6, 6.07) is 28.8. The van der Waals surface area contributed by atoms with Crippen molar-refractivity contribution in [3.05, 3.63) is 113 Å². The van der Waals surface area contributed by atoms with Crippen molar-refractivity contribution in [1.82, 2.24) is 0 Å². The number of hydrogen-bond acceptors (Lipinski definition) is 5. The first-order chi connectivity index (χ1) is 19.4. The Morgan fingerprint density at radius 3 is 2.35 bits per heavy atom. The summed E-state index contributed by atoms with van der Waals surface area (Å²) >= 11 is 0. The summed E-state index contributed by atoms with van der Waals surface area (Å²) in [7, 11) is 2.19. The maximum atomic E-state index is 13.3. The highest BCUT2D eigenvalue weighted by molar-refractivity contribution is 5.97. The standard InChI is InChI=1S/C35H34N2O3/c1-22-13-15-25(16-14-22)37(3)26-17-18-29-33(20-26)39-32-19-23(2)31(36-24-9-5-4-6-10-24)21-30(32)35(29)28-12-8-7-11-27(28)34(38)40-35/h4-12,17-22,25,36H,13-16H2,1-3H3. The summed E-state index contributed by atoms with van der Waals surface area (Å²) in [4.78, 5) is 15.7. The highest BCUT2D eigenvalue weighted by Crippen LogP contribution is 2.57. The van der Waals surface area contributed by atoms with Gasteiger partial charge in [-0.15, -0.1) is 0 Å². The second-order valence-electron chi connectivity index (χ2n) is 11.6. The molecule has 1 aliphatic carbocycles. The Bertz CT molecular complexity index is 1610. The van der Waals surface area contributed by atoms with Crippen LogP contribution in [0.2, 0.25) is 0 Å². The number of fused-ring (bicyclic) bond motifs is 6. The molecule has 0 radical (unpaired) electrons. The van der Waals surface area contributed by atoms with Crippen LogP contribution in [-0.2, 0) is 10.3 Å². The molecule has 202 valence electrons. The van der Waals surface area contributed by atoms with Crippen LogP contribution in [0.1, 0.15) is 65.2 Å². The molecule has 4 aromatic carbocycles. The third-order valence-corrected chi connectivity index (χ3v) is 9.04. The van der Waals surface area contributed by atoms with E-state index in [-0.39, 0.29) is 5.97 Å². The van der Waals surface area contributed by atoms with Gasteiger partial charge in [0.05, 0.1) is 5.56 Å². The number of benzene rings is 4. The molecular formula is C35H34N2O3. The molecule has 2 heterocycles. The molecule has 1 saturated carbocycles. The fourth-order valence-corrected chi connectivity index (χ4v) is 6.68. The van der Waals surface area contributed by atoms with E-state index in [1.165, 1.54) is 25.7 Å². The number of carbonyl (C=O) groups excluding carboxylic acids is 1. The van der Waals surface area contributed by atoms with Crippen LogP contribution in [0.5, 0.6) is 11.5 Å². The highest BCUT2D eigenvalue weighted by Gasteiger charge is 2.53. The largest absolute Gasteiger partial charge is 0.456 e. The number of anilines is 3. The topological polar surface area (TPSA) is 50.8 Å². The van der Waals surface area contributed by atoms with Crippen LogP contribution in [0.25, 0.3) is 0 Å². The maximum absolute atomic E-state index is 13.3. The van der Waals surface area contributed by atoms with Gasteiger partial charge in [0, 0.05) is 52.9 Å². The number of hydrogen-bond donors (Lipinski definition) is 1. The summed E-state index contributed by atoms with van der Waals surface area (Å²) in [5.41, 5.74) is 6.13. The summed E-state index contributed by atoms with van der Waals surface area (Å²) in [5, 5.41) is 3.55. The number of rotatable bonds is 4. The zero-order valence-corrected chi connectivity index (χ0v) is 23.2. The van der Waals surface area contributed by atoms with E-state index < -0.39 is 5.60 Å². The Hall–Kier alpha value is -4.25. The fourth-order valence-electron chi connectivity index (χ4n) is 6.68. The lowest BCUT2D eigenvalue weighted by molar-refractivity contribution is 0.0224. The van der Waals surface area contributed by atoms with Crippen LogP contribution in [0, 0.1) is 12.8 Å². The zero-order chi connectivity index (χ0) is 27.4. The van der Waals surface area contributed by atoms with Crippen LogP contribution < -0.4 is 15.0 Å². The van der Waals surface area contributed by atoms with E-state index >= 15 is 0 Å². The number of para-hydroxylation sites is 1.